The van der Waals surface area contributed by atoms with Crippen molar-refractivity contribution in [2.45, 2.75) is 39.2 Å². The number of aromatic nitrogens is 1. The van der Waals surface area contributed by atoms with Gasteiger partial charge in [0.05, 0.1) is 29.6 Å². The molecule has 11 heteroatoms. The van der Waals surface area contributed by atoms with Gasteiger partial charge < -0.3 is 29.9 Å². The van der Waals surface area contributed by atoms with Crippen molar-refractivity contribution in [2.24, 2.45) is 11.3 Å². The van der Waals surface area contributed by atoms with Gasteiger partial charge >= 0.3 is 5.97 Å². The normalized spacial score (nSPS) is 16.1. The van der Waals surface area contributed by atoms with Crippen LogP contribution in [0.3, 0.4) is 0 Å². The van der Waals surface area contributed by atoms with E-state index in [0.29, 0.717) is 61.7 Å². The molecule has 0 radical (unpaired) electrons. The molecular weight excluding hydrogens is 644 g/mol. The average Bonchev–Trinajstić information content (AvgIpc) is 3.16. The van der Waals surface area contributed by atoms with E-state index in [-0.39, 0.29) is 18.2 Å². The van der Waals surface area contributed by atoms with Gasteiger partial charge in [0.25, 0.3) is 5.91 Å². The zero-order chi connectivity index (χ0) is 36.1. The number of pyridine rings is 1. The number of aliphatic carboxylic acids is 1. The second-order valence-electron chi connectivity index (χ2n) is 14.0. The van der Waals surface area contributed by atoms with Crippen LogP contribution in [-0.4, -0.2) is 89.9 Å². The number of carboxylic acid groups (broad SMARTS) is 1. The van der Waals surface area contributed by atoms with E-state index >= 15 is 0 Å². The van der Waals surface area contributed by atoms with Gasteiger partial charge in [-0.15, -0.1) is 0 Å². The molecule has 266 valence electrons. The molecule has 1 atom stereocenters. The van der Waals surface area contributed by atoms with Gasteiger partial charge in [0, 0.05) is 56.6 Å². The minimum atomic E-state index is -1.02. The number of ether oxygens (including phenoxy) is 1. The van der Waals surface area contributed by atoms with Crippen molar-refractivity contribution < 1.29 is 24.2 Å². The van der Waals surface area contributed by atoms with Crippen molar-refractivity contribution in [1.29, 1.82) is 5.41 Å². The molecule has 0 bridgehead atoms. The molecule has 3 heterocycles. The van der Waals surface area contributed by atoms with Gasteiger partial charge in [0.1, 0.15) is 17.4 Å². The first-order valence-electron chi connectivity index (χ1n) is 17.5. The lowest BCUT2D eigenvalue weighted by Crippen LogP contribution is -2.51. The van der Waals surface area contributed by atoms with E-state index in [1.165, 1.54) is 7.11 Å². The highest BCUT2D eigenvalue weighted by atomic mass is 16.5. The number of nitrogens with one attached hydrogen (secondary N) is 2. The summed E-state index contributed by atoms with van der Waals surface area (Å²) in [6.45, 7) is 7.39. The highest BCUT2D eigenvalue weighted by Gasteiger charge is 2.42. The number of piperidine rings is 1. The molecule has 2 saturated heterocycles. The number of methoxy groups -OCH3 is 1. The van der Waals surface area contributed by atoms with Crippen molar-refractivity contribution in [3.63, 3.8) is 0 Å². The van der Waals surface area contributed by atoms with Gasteiger partial charge in [-0.05, 0) is 68.5 Å². The number of rotatable bonds is 10. The minimum absolute atomic E-state index is 0.0495. The number of anilines is 1. The van der Waals surface area contributed by atoms with E-state index in [0.717, 1.165) is 35.4 Å². The van der Waals surface area contributed by atoms with Crippen LogP contribution in [0.25, 0.3) is 10.9 Å². The molecule has 0 saturated carbocycles. The van der Waals surface area contributed by atoms with Gasteiger partial charge in [-0.2, -0.15) is 0 Å². The van der Waals surface area contributed by atoms with E-state index in [9.17, 15) is 19.5 Å². The molecule has 1 unspecified atom stereocenters. The number of piperazine rings is 1. The third kappa shape index (κ3) is 7.82. The molecule has 6 rings (SSSR count). The maximum atomic E-state index is 14.0. The summed E-state index contributed by atoms with van der Waals surface area (Å²) in [5.74, 6) is 0.358. The Morgan fingerprint density at radius 3 is 2.27 bits per heavy atom. The lowest BCUT2D eigenvalue weighted by molar-refractivity contribution is -0.144. The summed E-state index contributed by atoms with van der Waals surface area (Å²) in [7, 11) is 1.50. The van der Waals surface area contributed by atoms with Crippen LogP contribution >= 0.6 is 0 Å². The van der Waals surface area contributed by atoms with Crippen LogP contribution in [0, 0.1) is 16.7 Å². The van der Waals surface area contributed by atoms with Crippen LogP contribution in [0.5, 0.6) is 5.75 Å². The highest BCUT2D eigenvalue weighted by molar-refractivity contribution is 6.01. The largest absolute Gasteiger partial charge is 0.496 e. The number of benzene rings is 3. The zero-order valence-corrected chi connectivity index (χ0v) is 29.5. The number of carbonyl (C=O) groups excluding carboxylic acids is 2. The van der Waals surface area contributed by atoms with Gasteiger partial charge in [-0.3, -0.25) is 19.8 Å². The summed E-state index contributed by atoms with van der Waals surface area (Å²) in [6.07, 6.45) is 1.37. The molecule has 3 N–H and O–H groups in total. The molecule has 0 aliphatic carbocycles. The molecule has 3 aromatic carbocycles. The second kappa shape index (κ2) is 15.2. The summed E-state index contributed by atoms with van der Waals surface area (Å²) < 4.78 is 5.70. The van der Waals surface area contributed by atoms with Crippen molar-refractivity contribution in [3.05, 3.63) is 102 Å². The van der Waals surface area contributed by atoms with Gasteiger partial charge in [-0.1, -0.05) is 54.6 Å². The Balaban J connectivity index is 1.14. The molecule has 0 spiro atoms. The molecule has 51 heavy (non-hydrogen) atoms. The number of para-hydroxylation sites is 1. The summed E-state index contributed by atoms with van der Waals surface area (Å²) in [4.78, 5) is 50.1. The summed E-state index contributed by atoms with van der Waals surface area (Å²) in [6, 6.07) is 26.2. The number of fused-ring (bicyclic) bond motifs is 1. The first-order valence-corrected chi connectivity index (χ1v) is 17.5. The van der Waals surface area contributed by atoms with Gasteiger partial charge in [-0.25, -0.2) is 4.98 Å². The molecule has 4 aromatic rings. The van der Waals surface area contributed by atoms with Gasteiger partial charge in [0.15, 0.2) is 0 Å². The minimum Gasteiger partial charge on any atom is -0.496 e. The molecule has 1 aromatic heterocycles. The van der Waals surface area contributed by atoms with E-state index in [1.54, 1.807) is 23.1 Å². The van der Waals surface area contributed by atoms with E-state index in [4.69, 9.17) is 15.1 Å². The van der Waals surface area contributed by atoms with E-state index in [2.05, 4.69) is 22.3 Å². The van der Waals surface area contributed by atoms with Crippen molar-refractivity contribution in [1.82, 2.24) is 20.1 Å². The Hall–Kier alpha value is -5.45. The zero-order valence-electron chi connectivity index (χ0n) is 29.5. The lowest BCUT2D eigenvalue weighted by atomic mass is 9.78. The third-order valence-electron chi connectivity index (χ3n) is 10.3. The Kier molecular flexibility index (Phi) is 10.5. The smallest absolute Gasteiger partial charge is 0.303 e. The quantitative estimate of drug-likeness (QED) is 0.144. The summed E-state index contributed by atoms with van der Waals surface area (Å²) in [5.41, 5.74) is 1.68. The molecule has 11 nitrogen and oxygen atoms in total. The Bertz CT molecular complexity index is 1900. The third-order valence-corrected chi connectivity index (χ3v) is 10.3. The number of hydrogen-bond donors (Lipinski definition) is 3. The van der Waals surface area contributed by atoms with Crippen molar-refractivity contribution in [3.8, 4) is 5.75 Å². The summed E-state index contributed by atoms with van der Waals surface area (Å²) >= 11 is 0. The topological polar surface area (TPSA) is 139 Å². The highest BCUT2D eigenvalue weighted by Crippen LogP contribution is 2.37. The molecule has 2 aliphatic heterocycles. The van der Waals surface area contributed by atoms with Crippen LogP contribution in [0.4, 0.5) is 5.82 Å². The number of hydrogen-bond acceptors (Lipinski definition) is 7. The fraction of sp³-hybridized carbons (Fsp3) is 0.375. The summed E-state index contributed by atoms with van der Waals surface area (Å²) in [5, 5.41) is 22.5. The van der Waals surface area contributed by atoms with Gasteiger partial charge in [0.2, 0.25) is 5.91 Å². The van der Waals surface area contributed by atoms with Crippen LogP contribution in [0.1, 0.15) is 60.6 Å². The Morgan fingerprint density at radius 2 is 1.59 bits per heavy atom. The number of amidine groups is 1. The number of carboxylic acids is 1. The number of likely N-dealkylation sites (tertiary alicyclic amines) is 1. The van der Waals surface area contributed by atoms with Crippen molar-refractivity contribution >= 4 is 40.3 Å². The Labute approximate surface area is 298 Å². The van der Waals surface area contributed by atoms with Crippen molar-refractivity contribution in [2.75, 3.05) is 51.3 Å². The van der Waals surface area contributed by atoms with Crippen LogP contribution in [0.2, 0.25) is 0 Å². The SMILES string of the molecule is COc1cc(C(=N)N2CCN(c3ccc4ccccc4n3)CC2)ccc1C(=O)NC(c1ccccc1)C(C)(C)C(=O)N1CCC(CC(=O)O)CC1. The lowest BCUT2D eigenvalue weighted by Gasteiger charge is -2.40. The number of carbonyl (C=O) groups is 3. The van der Waals surface area contributed by atoms with Crippen LogP contribution in [-0.2, 0) is 9.59 Å². The first-order chi connectivity index (χ1) is 24.5. The van der Waals surface area contributed by atoms with Crippen LogP contribution < -0.4 is 15.0 Å². The fourth-order valence-electron chi connectivity index (χ4n) is 7.25. The maximum absolute atomic E-state index is 14.0. The molecular formula is C40H46N6O5. The molecule has 2 fully saturated rings. The maximum Gasteiger partial charge on any atom is 0.303 e. The Morgan fingerprint density at radius 1 is 0.902 bits per heavy atom. The van der Waals surface area contributed by atoms with E-state index < -0.39 is 23.3 Å². The predicted molar refractivity (Wildman–Crippen MR) is 197 cm³/mol. The molecule has 2 aliphatic rings. The number of amides is 2. The molecule has 2 amide bonds. The first kappa shape index (κ1) is 35.4. The number of nitrogens with zero attached hydrogens (tertiary/aromatic N) is 4. The monoisotopic (exact) mass is 690 g/mol. The average molecular weight is 691 g/mol. The van der Waals surface area contributed by atoms with E-state index in [1.807, 2.05) is 73.3 Å². The fourth-order valence-corrected chi connectivity index (χ4v) is 7.25. The second-order valence-corrected chi connectivity index (χ2v) is 14.0. The van der Waals surface area contributed by atoms with Crippen LogP contribution in [0.15, 0.2) is 84.9 Å². The predicted octanol–water partition coefficient (Wildman–Crippen LogP) is 5.60. The standard InChI is InChI=1S/C40H46N6O5/c1-40(2,39(50)46-19-17-27(18-20-46)25-35(47)48)36(29-10-5-4-6-11-29)43-38(49)31-15-13-30(26-33(31)51-3)37(41)45-23-21-44(22-24-45)34-16-14-28-9-7-8-12-32(28)42-34/h4-16,26-27,36,41H,17-25H2,1-3H3,(H,43,49)(H,47,48).